The van der Waals surface area contributed by atoms with Crippen molar-refractivity contribution >= 4 is 23.3 Å². The number of anilines is 2. The molecule has 0 saturated carbocycles. The molecule has 1 aliphatic heterocycles. The molecular formula is C19H21N3O3. The third-order valence-electron chi connectivity index (χ3n) is 4.11. The van der Waals surface area contributed by atoms with Gasteiger partial charge in [-0.3, -0.25) is 4.79 Å². The zero-order chi connectivity index (χ0) is 17.8. The van der Waals surface area contributed by atoms with E-state index < -0.39 is 0 Å². The lowest BCUT2D eigenvalue weighted by Gasteiger charge is -2.25. The van der Waals surface area contributed by atoms with Crippen molar-refractivity contribution in [2.24, 2.45) is 0 Å². The molecule has 6 nitrogen and oxygen atoms in total. The molecule has 2 aromatic carbocycles. The highest BCUT2D eigenvalue weighted by atomic mass is 16.5. The Hall–Kier alpha value is -3.02. The smallest absolute Gasteiger partial charge is 0.321 e. The number of hydrogen-bond acceptors (Lipinski definition) is 3. The average Bonchev–Trinajstić information content (AvgIpc) is 2.62. The van der Waals surface area contributed by atoms with E-state index in [1.165, 1.54) is 4.90 Å². The Morgan fingerprint density at radius 2 is 1.64 bits per heavy atom. The Kier molecular flexibility index (Phi) is 4.88. The fraction of sp³-hybridized carbons (Fsp3) is 0.263. The maximum atomic E-state index is 12.8. The largest absolute Gasteiger partial charge is 0.493 e. The van der Waals surface area contributed by atoms with Crippen LogP contribution in [0.15, 0.2) is 48.5 Å². The molecule has 1 aliphatic rings. The molecule has 2 aromatic rings. The van der Waals surface area contributed by atoms with Gasteiger partial charge in [0.1, 0.15) is 5.75 Å². The fourth-order valence-electron chi connectivity index (χ4n) is 2.76. The van der Waals surface area contributed by atoms with Crippen LogP contribution in [0.3, 0.4) is 0 Å². The molecule has 0 bridgehead atoms. The summed E-state index contributed by atoms with van der Waals surface area (Å²) >= 11 is 0. The standard InChI is InChI=1S/C19H21N3O3/c1-22(2)19(24)21-16-9-5-4-8-15(16)20-18(23)14-11-12-25-17-10-6-3-7-13(14)17/h3-10,14H,11-12H2,1-2H3,(H,20,23)(H,21,24)/t14-/m1/s1. The Morgan fingerprint density at radius 3 is 2.36 bits per heavy atom. The molecule has 1 heterocycles. The van der Waals surface area contributed by atoms with Crippen molar-refractivity contribution in [2.75, 3.05) is 31.3 Å². The summed E-state index contributed by atoms with van der Waals surface area (Å²) in [7, 11) is 3.32. The summed E-state index contributed by atoms with van der Waals surface area (Å²) < 4.78 is 5.61. The monoisotopic (exact) mass is 339 g/mol. The Morgan fingerprint density at radius 1 is 1.00 bits per heavy atom. The molecule has 0 aliphatic carbocycles. The highest BCUT2D eigenvalue weighted by Crippen LogP contribution is 2.34. The zero-order valence-corrected chi connectivity index (χ0v) is 14.3. The van der Waals surface area contributed by atoms with Crippen molar-refractivity contribution in [3.8, 4) is 5.75 Å². The van der Waals surface area contributed by atoms with Gasteiger partial charge in [-0.15, -0.1) is 0 Å². The SMILES string of the molecule is CN(C)C(=O)Nc1ccccc1NC(=O)[C@@H]1CCOc2ccccc21. The minimum absolute atomic E-state index is 0.109. The summed E-state index contributed by atoms with van der Waals surface area (Å²) in [5, 5.41) is 5.72. The first kappa shape index (κ1) is 16.8. The third kappa shape index (κ3) is 3.74. The molecule has 2 N–H and O–H groups in total. The van der Waals surface area contributed by atoms with E-state index >= 15 is 0 Å². The number of ether oxygens (including phenoxy) is 1. The lowest BCUT2D eigenvalue weighted by molar-refractivity contribution is -0.118. The van der Waals surface area contributed by atoms with Crippen molar-refractivity contribution in [1.29, 1.82) is 0 Å². The number of amides is 3. The fourth-order valence-corrected chi connectivity index (χ4v) is 2.76. The number of carbonyl (C=O) groups is 2. The van der Waals surface area contributed by atoms with Crippen LogP contribution in [0.4, 0.5) is 16.2 Å². The van der Waals surface area contributed by atoms with Crippen LogP contribution in [0.5, 0.6) is 5.75 Å². The number of nitrogens with one attached hydrogen (secondary N) is 2. The summed E-state index contributed by atoms with van der Waals surface area (Å²) in [5.41, 5.74) is 2.03. The summed E-state index contributed by atoms with van der Waals surface area (Å²) in [6.45, 7) is 0.508. The third-order valence-corrected chi connectivity index (χ3v) is 4.11. The molecule has 0 saturated heterocycles. The van der Waals surface area contributed by atoms with Crippen LogP contribution in [-0.4, -0.2) is 37.5 Å². The van der Waals surface area contributed by atoms with Crippen LogP contribution in [0.25, 0.3) is 0 Å². The van der Waals surface area contributed by atoms with Gasteiger partial charge in [0, 0.05) is 19.7 Å². The van der Waals surface area contributed by atoms with E-state index in [0.717, 1.165) is 11.3 Å². The molecule has 0 radical (unpaired) electrons. The number of rotatable bonds is 3. The number of benzene rings is 2. The van der Waals surface area contributed by atoms with Crippen molar-refractivity contribution in [2.45, 2.75) is 12.3 Å². The topological polar surface area (TPSA) is 70.7 Å². The number of fused-ring (bicyclic) bond motifs is 1. The normalized spacial score (nSPS) is 15.5. The van der Waals surface area contributed by atoms with E-state index in [1.54, 1.807) is 26.2 Å². The number of para-hydroxylation sites is 3. The maximum Gasteiger partial charge on any atom is 0.321 e. The van der Waals surface area contributed by atoms with Gasteiger partial charge in [0.25, 0.3) is 0 Å². The molecule has 3 amide bonds. The summed E-state index contributed by atoms with van der Waals surface area (Å²) in [6.07, 6.45) is 0.620. The van der Waals surface area contributed by atoms with Gasteiger partial charge in [0.2, 0.25) is 5.91 Å². The second-order valence-electron chi connectivity index (χ2n) is 6.09. The minimum atomic E-state index is -0.275. The van der Waals surface area contributed by atoms with Gasteiger partial charge >= 0.3 is 6.03 Å². The second-order valence-corrected chi connectivity index (χ2v) is 6.09. The van der Waals surface area contributed by atoms with Crippen LogP contribution >= 0.6 is 0 Å². The van der Waals surface area contributed by atoms with Gasteiger partial charge < -0.3 is 20.3 Å². The number of urea groups is 1. The number of nitrogens with zero attached hydrogens (tertiary/aromatic N) is 1. The van der Waals surface area contributed by atoms with Gasteiger partial charge in [-0.05, 0) is 24.6 Å². The molecule has 0 fully saturated rings. The predicted octanol–water partition coefficient (Wildman–Crippen LogP) is 3.28. The van der Waals surface area contributed by atoms with E-state index in [4.69, 9.17) is 4.74 Å². The first-order valence-corrected chi connectivity index (χ1v) is 8.16. The van der Waals surface area contributed by atoms with Crippen molar-refractivity contribution in [1.82, 2.24) is 4.90 Å². The van der Waals surface area contributed by atoms with E-state index in [2.05, 4.69) is 10.6 Å². The van der Waals surface area contributed by atoms with Crippen LogP contribution in [0, 0.1) is 0 Å². The molecule has 6 heteroatoms. The van der Waals surface area contributed by atoms with Crippen LogP contribution < -0.4 is 15.4 Å². The average molecular weight is 339 g/mol. The van der Waals surface area contributed by atoms with E-state index in [0.29, 0.717) is 24.4 Å². The van der Waals surface area contributed by atoms with Crippen molar-refractivity contribution in [3.05, 3.63) is 54.1 Å². The summed E-state index contributed by atoms with van der Waals surface area (Å²) in [4.78, 5) is 26.2. The van der Waals surface area contributed by atoms with E-state index in [-0.39, 0.29) is 17.9 Å². The quantitative estimate of drug-likeness (QED) is 0.901. The molecule has 3 rings (SSSR count). The minimum Gasteiger partial charge on any atom is -0.493 e. The Balaban J connectivity index is 1.79. The van der Waals surface area contributed by atoms with Gasteiger partial charge in [0.15, 0.2) is 0 Å². The molecular weight excluding hydrogens is 318 g/mol. The van der Waals surface area contributed by atoms with Gasteiger partial charge in [0.05, 0.1) is 23.9 Å². The highest BCUT2D eigenvalue weighted by Gasteiger charge is 2.27. The predicted molar refractivity (Wildman–Crippen MR) is 97.1 cm³/mol. The lowest BCUT2D eigenvalue weighted by atomic mass is 9.92. The molecule has 0 aromatic heterocycles. The lowest BCUT2D eigenvalue weighted by Crippen LogP contribution is -2.29. The highest BCUT2D eigenvalue weighted by molar-refractivity contribution is 6.01. The van der Waals surface area contributed by atoms with Gasteiger partial charge in [-0.1, -0.05) is 30.3 Å². The zero-order valence-electron chi connectivity index (χ0n) is 14.3. The Bertz CT molecular complexity index is 789. The molecule has 25 heavy (non-hydrogen) atoms. The first-order chi connectivity index (χ1) is 12.1. The summed E-state index contributed by atoms with van der Waals surface area (Å²) in [6, 6.07) is 14.5. The van der Waals surface area contributed by atoms with Crippen molar-refractivity contribution < 1.29 is 14.3 Å². The van der Waals surface area contributed by atoms with Crippen LogP contribution in [0.1, 0.15) is 17.9 Å². The van der Waals surface area contributed by atoms with E-state index in [9.17, 15) is 9.59 Å². The van der Waals surface area contributed by atoms with E-state index in [1.807, 2.05) is 36.4 Å². The van der Waals surface area contributed by atoms with Crippen LogP contribution in [-0.2, 0) is 4.79 Å². The second kappa shape index (κ2) is 7.25. The molecule has 1 atom stereocenters. The number of carbonyl (C=O) groups excluding carboxylic acids is 2. The molecule has 0 spiro atoms. The Labute approximate surface area is 146 Å². The van der Waals surface area contributed by atoms with Crippen LogP contribution in [0.2, 0.25) is 0 Å². The molecule has 130 valence electrons. The van der Waals surface area contributed by atoms with Gasteiger partial charge in [-0.25, -0.2) is 4.79 Å². The number of hydrogen-bond donors (Lipinski definition) is 2. The van der Waals surface area contributed by atoms with Gasteiger partial charge in [-0.2, -0.15) is 0 Å². The molecule has 0 unspecified atom stereocenters. The van der Waals surface area contributed by atoms with Crippen molar-refractivity contribution in [3.63, 3.8) is 0 Å². The first-order valence-electron chi connectivity index (χ1n) is 8.16. The maximum absolute atomic E-state index is 12.8. The summed E-state index contributed by atoms with van der Waals surface area (Å²) in [5.74, 6) is 0.368.